The second-order valence-corrected chi connectivity index (χ2v) is 9.34. The molecule has 1 N–H and O–H groups in total. The summed E-state index contributed by atoms with van der Waals surface area (Å²) in [4.78, 5) is 0. The van der Waals surface area contributed by atoms with E-state index in [1.165, 1.54) is 11.1 Å². The van der Waals surface area contributed by atoms with Gasteiger partial charge in [0.25, 0.3) is 0 Å². The molecule has 0 aromatic heterocycles. The SMILES string of the molecule is CC[C@H](C)[C@H]1COP(=S)(Oc2cc(C)ccc2C(C)C)N1. The molecule has 21 heavy (non-hydrogen) atoms. The molecule has 1 saturated heterocycles. The van der Waals surface area contributed by atoms with E-state index < -0.39 is 6.64 Å². The number of rotatable bonds is 5. The molecule has 0 spiro atoms. The highest BCUT2D eigenvalue weighted by Gasteiger charge is 2.36. The zero-order chi connectivity index (χ0) is 15.6. The minimum absolute atomic E-state index is 0.299. The zero-order valence-corrected chi connectivity index (χ0v) is 15.3. The third-order valence-electron chi connectivity index (χ3n) is 4.09. The van der Waals surface area contributed by atoms with Crippen molar-refractivity contribution in [3.8, 4) is 5.75 Å². The van der Waals surface area contributed by atoms with Crippen LogP contribution in [-0.2, 0) is 16.3 Å². The van der Waals surface area contributed by atoms with E-state index in [1.807, 2.05) is 0 Å². The van der Waals surface area contributed by atoms with Gasteiger partial charge in [0.15, 0.2) is 0 Å². The fraction of sp³-hybridized carbons (Fsp3) is 0.625. The Morgan fingerprint density at radius 3 is 2.76 bits per heavy atom. The van der Waals surface area contributed by atoms with Crippen LogP contribution < -0.4 is 9.61 Å². The van der Waals surface area contributed by atoms with Gasteiger partial charge < -0.3 is 9.05 Å². The maximum absolute atomic E-state index is 6.15. The maximum atomic E-state index is 6.15. The fourth-order valence-corrected chi connectivity index (χ4v) is 4.93. The highest BCUT2D eigenvalue weighted by molar-refractivity contribution is 8.09. The quantitative estimate of drug-likeness (QED) is 0.790. The molecule has 1 heterocycles. The first kappa shape index (κ1) is 17.0. The average Bonchev–Trinajstić information content (AvgIpc) is 2.79. The van der Waals surface area contributed by atoms with E-state index in [9.17, 15) is 0 Å². The van der Waals surface area contributed by atoms with Gasteiger partial charge in [-0.1, -0.05) is 46.2 Å². The molecule has 118 valence electrons. The Hall–Kier alpha value is -0.410. The summed E-state index contributed by atoms with van der Waals surface area (Å²) in [7, 11) is 0. The van der Waals surface area contributed by atoms with Crippen LogP contribution in [0.4, 0.5) is 0 Å². The molecular weight excluding hydrogens is 301 g/mol. The molecule has 3 atom stereocenters. The summed E-state index contributed by atoms with van der Waals surface area (Å²) in [6, 6.07) is 6.60. The van der Waals surface area contributed by atoms with Gasteiger partial charge in [0.2, 0.25) is 0 Å². The molecule has 0 aliphatic carbocycles. The Bertz CT molecular complexity index is 547. The van der Waals surface area contributed by atoms with Crippen LogP contribution in [0, 0.1) is 12.8 Å². The Morgan fingerprint density at radius 1 is 1.43 bits per heavy atom. The normalized spacial score (nSPS) is 27.0. The summed E-state index contributed by atoms with van der Waals surface area (Å²) in [6.07, 6.45) is 1.11. The van der Waals surface area contributed by atoms with Crippen molar-refractivity contribution >= 4 is 18.4 Å². The molecule has 1 aromatic rings. The molecule has 0 bridgehead atoms. The first-order chi connectivity index (χ1) is 9.84. The predicted molar refractivity (Wildman–Crippen MR) is 92.5 cm³/mol. The van der Waals surface area contributed by atoms with E-state index in [4.69, 9.17) is 20.9 Å². The van der Waals surface area contributed by atoms with E-state index >= 15 is 0 Å². The van der Waals surface area contributed by atoms with Crippen LogP contribution in [0.5, 0.6) is 5.75 Å². The molecule has 0 radical (unpaired) electrons. The molecule has 5 heteroatoms. The zero-order valence-electron chi connectivity index (χ0n) is 13.6. The lowest BCUT2D eigenvalue weighted by molar-refractivity contribution is 0.295. The van der Waals surface area contributed by atoms with Crippen molar-refractivity contribution in [2.24, 2.45) is 5.92 Å². The molecule has 1 fully saturated rings. The number of nitrogens with one attached hydrogen (secondary N) is 1. The molecule has 2 rings (SSSR count). The topological polar surface area (TPSA) is 30.5 Å². The highest BCUT2D eigenvalue weighted by atomic mass is 32.5. The Kier molecular flexibility index (Phi) is 5.48. The van der Waals surface area contributed by atoms with Gasteiger partial charge in [-0.3, -0.25) is 0 Å². The molecule has 0 saturated carbocycles. The van der Waals surface area contributed by atoms with Crippen LogP contribution in [-0.4, -0.2) is 12.6 Å². The summed E-state index contributed by atoms with van der Waals surface area (Å²) in [5.41, 5.74) is 2.36. The lowest BCUT2D eigenvalue weighted by atomic mass is 10.0. The summed E-state index contributed by atoms with van der Waals surface area (Å²) in [6.45, 7) is 9.03. The van der Waals surface area contributed by atoms with Gasteiger partial charge in [-0.05, 0) is 47.8 Å². The largest absolute Gasteiger partial charge is 0.432 e. The molecular formula is C16H26NO2PS. The third kappa shape index (κ3) is 4.07. The monoisotopic (exact) mass is 327 g/mol. The van der Waals surface area contributed by atoms with Gasteiger partial charge in [-0.2, -0.15) is 0 Å². The second kappa shape index (κ2) is 6.78. The van der Waals surface area contributed by atoms with Crippen molar-refractivity contribution in [3.05, 3.63) is 29.3 Å². The third-order valence-corrected chi connectivity index (χ3v) is 6.52. The van der Waals surface area contributed by atoms with E-state index in [2.05, 4.69) is 57.9 Å². The van der Waals surface area contributed by atoms with Crippen molar-refractivity contribution in [1.29, 1.82) is 0 Å². The first-order valence-electron chi connectivity index (χ1n) is 7.67. The highest BCUT2D eigenvalue weighted by Crippen LogP contribution is 2.51. The van der Waals surface area contributed by atoms with Crippen molar-refractivity contribution in [2.45, 2.75) is 53.0 Å². The molecule has 1 aliphatic heterocycles. The van der Waals surface area contributed by atoms with Crippen LogP contribution in [0.15, 0.2) is 18.2 Å². The van der Waals surface area contributed by atoms with E-state index in [1.54, 1.807) is 0 Å². The maximum Gasteiger partial charge on any atom is 0.313 e. The van der Waals surface area contributed by atoms with E-state index in [0.29, 0.717) is 24.5 Å². The molecule has 1 aliphatic rings. The van der Waals surface area contributed by atoms with Gasteiger partial charge in [0.05, 0.1) is 6.61 Å². The van der Waals surface area contributed by atoms with Crippen LogP contribution in [0.2, 0.25) is 0 Å². The van der Waals surface area contributed by atoms with Crippen molar-refractivity contribution in [1.82, 2.24) is 5.09 Å². The van der Waals surface area contributed by atoms with Gasteiger partial charge in [-0.25, -0.2) is 5.09 Å². The average molecular weight is 327 g/mol. The standard InChI is InChI=1S/C16H26NO2PS/c1-6-13(5)15-10-18-20(21,17-15)19-16-9-12(4)7-8-14(16)11(2)3/h7-9,11,13,15H,6,10H2,1-5H3,(H,17,21)/t13-,15+,20?/m0/s1. The number of hydrogen-bond donors (Lipinski definition) is 1. The number of benzene rings is 1. The smallest absolute Gasteiger partial charge is 0.313 e. The van der Waals surface area contributed by atoms with Gasteiger partial charge >= 0.3 is 6.64 Å². The molecule has 0 amide bonds. The molecule has 1 unspecified atom stereocenters. The molecule has 3 nitrogen and oxygen atoms in total. The van der Waals surface area contributed by atoms with E-state index in [0.717, 1.165) is 12.2 Å². The minimum atomic E-state index is -2.42. The van der Waals surface area contributed by atoms with Crippen LogP contribution >= 0.6 is 6.64 Å². The van der Waals surface area contributed by atoms with Crippen LogP contribution in [0.3, 0.4) is 0 Å². The van der Waals surface area contributed by atoms with Crippen LogP contribution in [0.25, 0.3) is 0 Å². The Labute approximate surface area is 133 Å². The first-order valence-corrected chi connectivity index (χ1v) is 10.3. The summed E-state index contributed by atoms with van der Waals surface area (Å²) < 4.78 is 12.0. The van der Waals surface area contributed by atoms with Gasteiger partial charge in [0, 0.05) is 6.04 Å². The van der Waals surface area contributed by atoms with Gasteiger partial charge in [0.1, 0.15) is 5.75 Å². The molecule has 1 aromatic carbocycles. The number of aryl methyl sites for hydroxylation is 1. The Balaban J connectivity index is 2.19. The van der Waals surface area contributed by atoms with Crippen molar-refractivity contribution in [2.75, 3.05) is 6.61 Å². The lowest BCUT2D eigenvalue weighted by Gasteiger charge is -2.22. The summed E-state index contributed by atoms with van der Waals surface area (Å²) in [5, 5.41) is 3.43. The summed E-state index contributed by atoms with van der Waals surface area (Å²) >= 11 is 5.64. The fourth-order valence-electron chi connectivity index (χ4n) is 2.41. The van der Waals surface area contributed by atoms with Crippen molar-refractivity contribution < 1.29 is 9.05 Å². The summed E-state index contributed by atoms with van der Waals surface area (Å²) in [5.74, 6) is 1.81. The second-order valence-electron chi connectivity index (χ2n) is 6.20. The van der Waals surface area contributed by atoms with Gasteiger partial charge in [-0.15, -0.1) is 0 Å². The lowest BCUT2D eigenvalue weighted by Crippen LogP contribution is -2.29. The van der Waals surface area contributed by atoms with E-state index in [-0.39, 0.29) is 0 Å². The minimum Gasteiger partial charge on any atom is -0.432 e. The van der Waals surface area contributed by atoms with Crippen molar-refractivity contribution in [3.63, 3.8) is 0 Å². The number of hydrogen-bond acceptors (Lipinski definition) is 3. The predicted octanol–water partition coefficient (Wildman–Crippen LogP) is 4.76. The Morgan fingerprint density at radius 2 is 2.14 bits per heavy atom. The van der Waals surface area contributed by atoms with Crippen LogP contribution in [0.1, 0.15) is 51.2 Å².